The summed E-state index contributed by atoms with van der Waals surface area (Å²) in [5.41, 5.74) is 9.14. The lowest BCUT2D eigenvalue weighted by Gasteiger charge is -2.21. The monoisotopic (exact) mass is 365 g/mol. The Hall–Kier alpha value is -1.53. The zero-order chi connectivity index (χ0) is 18.2. The van der Waals surface area contributed by atoms with E-state index < -0.39 is 12.0 Å². The maximum Gasteiger partial charge on any atom is 0.328 e. The molecule has 1 unspecified atom stereocenters. The highest BCUT2D eigenvalue weighted by Crippen LogP contribution is 2.30. The maximum atomic E-state index is 12.2. The number of aryl methyl sites for hydroxylation is 1. The zero-order valence-corrected chi connectivity index (χ0v) is 15.8. The SMILES string of the molecule is CCOC(=O)Cc1cc(OC(=O)C(N)CCSC)cc2c1CCCC2. The molecule has 0 aromatic heterocycles. The molecule has 0 radical (unpaired) electrons. The van der Waals surface area contributed by atoms with E-state index in [-0.39, 0.29) is 12.4 Å². The summed E-state index contributed by atoms with van der Waals surface area (Å²) >= 11 is 1.65. The van der Waals surface area contributed by atoms with Crippen LogP contribution in [0.25, 0.3) is 0 Å². The normalized spacial score (nSPS) is 14.5. The zero-order valence-electron chi connectivity index (χ0n) is 15.0. The number of carbonyl (C=O) groups is 2. The molecule has 2 N–H and O–H groups in total. The predicted octanol–water partition coefficient (Wildman–Crippen LogP) is 2.66. The number of benzene rings is 1. The van der Waals surface area contributed by atoms with Crippen LogP contribution >= 0.6 is 11.8 Å². The summed E-state index contributed by atoms with van der Waals surface area (Å²) in [7, 11) is 0. The van der Waals surface area contributed by atoms with E-state index >= 15 is 0 Å². The lowest BCUT2D eigenvalue weighted by atomic mass is 9.87. The number of hydrogen-bond donors (Lipinski definition) is 1. The molecule has 0 saturated heterocycles. The van der Waals surface area contributed by atoms with E-state index in [2.05, 4.69) is 0 Å². The molecule has 5 nitrogen and oxygen atoms in total. The van der Waals surface area contributed by atoms with Crippen LogP contribution in [0.1, 0.15) is 42.9 Å². The van der Waals surface area contributed by atoms with Crippen LogP contribution in [0.5, 0.6) is 5.75 Å². The van der Waals surface area contributed by atoms with Gasteiger partial charge in [0.05, 0.1) is 13.0 Å². The van der Waals surface area contributed by atoms with Crippen LogP contribution in [0.2, 0.25) is 0 Å². The second-order valence-electron chi connectivity index (χ2n) is 6.22. The number of thioether (sulfide) groups is 1. The average molecular weight is 365 g/mol. The fourth-order valence-electron chi connectivity index (χ4n) is 3.07. The molecule has 0 saturated carbocycles. The first kappa shape index (κ1) is 19.8. The van der Waals surface area contributed by atoms with Crippen molar-refractivity contribution in [3.8, 4) is 5.75 Å². The van der Waals surface area contributed by atoms with Gasteiger partial charge in [-0.1, -0.05) is 0 Å². The van der Waals surface area contributed by atoms with Crippen molar-refractivity contribution < 1.29 is 19.1 Å². The average Bonchev–Trinajstić information content (AvgIpc) is 2.59. The van der Waals surface area contributed by atoms with E-state index in [1.165, 1.54) is 5.56 Å². The highest BCUT2D eigenvalue weighted by Gasteiger charge is 2.20. The van der Waals surface area contributed by atoms with Crippen LogP contribution in [0.4, 0.5) is 0 Å². The second kappa shape index (κ2) is 9.82. The van der Waals surface area contributed by atoms with Crippen LogP contribution < -0.4 is 10.5 Å². The van der Waals surface area contributed by atoms with Gasteiger partial charge in [0.25, 0.3) is 0 Å². The second-order valence-corrected chi connectivity index (χ2v) is 7.20. The number of rotatable bonds is 8. The Kier molecular flexibility index (Phi) is 7.78. The summed E-state index contributed by atoms with van der Waals surface area (Å²) in [6, 6.07) is 3.08. The highest BCUT2D eigenvalue weighted by molar-refractivity contribution is 7.98. The van der Waals surface area contributed by atoms with E-state index in [9.17, 15) is 9.59 Å². The van der Waals surface area contributed by atoms with Gasteiger partial charge in [0.1, 0.15) is 11.8 Å². The number of fused-ring (bicyclic) bond motifs is 1. The Morgan fingerprint density at radius 1 is 1.28 bits per heavy atom. The predicted molar refractivity (Wildman–Crippen MR) is 100 cm³/mol. The Bertz CT molecular complexity index is 618. The van der Waals surface area contributed by atoms with Gasteiger partial charge < -0.3 is 15.2 Å². The summed E-state index contributed by atoms with van der Waals surface area (Å²) in [6.45, 7) is 2.15. The van der Waals surface area contributed by atoms with Crippen LogP contribution in [0.3, 0.4) is 0 Å². The third-order valence-corrected chi connectivity index (χ3v) is 4.97. The first-order valence-corrected chi connectivity index (χ1v) is 10.2. The van der Waals surface area contributed by atoms with Gasteiger partial charge in [-0.25, -0.2) is 4.79 Å². The van der Waals surface area contributed by atoms with Gasteiger partial charge in [-0.2, -0.15) is 11.8 Å². The number of ether oxygens (including phenoxy) is 2. The molecule has 25 heavy (non-hydrogen) atoms. The molecule has 0 spiro atoms. The summed E-state index contributed by atoms with van der Waals surface area (Å²) < 4.78 is 10.6. The topological polar surface area (TPSA) is 78.6 Å². The first-order valence-electron chi connectivity index (χ1n) is 8.81. The van der Waals surface area contributed by atoms with E-state index in [0.29, 0.717) is 18.8 Å². The molecule has 0 bridgehead atoms. The molecule has 0 heterocycles. The molecular weight excluding hydrogens is 338 g/mol. The molecular formula is C19H27NO4S. The fraction of sp³-hybridized carbons (Fsp3) is 0.579. The minimum absolute atomic E-state index is 0.208. The van der Waals surface area contributed by atoms with E-state index in [0.717, 1.165) is 42.6 Å². The minimum Gasteiger partial charge on any atom is -0.466 e. The molecule has 1 aliphatic carbocycles. The Labute approximate surface area is 153 Å². The van der Waals surface area contributed by atoms with Crippen molar-refractivity contribution >= 4 is 23.7 Å². The Balaban J connectivity index is 2.18. The number of carbonyl (C=O) groups excluding carboxylic acids is 2. The summed E-state index contributed by atoms with van der Waals surface area (Å²) in [5, 5.41) is 0. The Morgan fingerprint density at radius 3 is 2.76 bits per heavy atom. The van der Waals surface area contributed by atoms with Gasteiger partial charge in [-0.05, 0) is 79.9 Å². The maximum absolute atomic E-state index is 12.2. The molecule has 0 amide bonds. The van der Waals surface area contributed by atoms with Crippen molar-refractivity contribution in [3.63, 3.8) is 0 Å². The molecule has 1 aromatic rings. The van der Waals surface area contributed by atoms with Gasteiger partial charge in [-0.15, -0.1) is 0 Å². The first-order chi connectivity index (χ1) is 12.0. The van der Waals surface area contributed by atoms with Crippen LogP contribution in [0, 0.1) is 0 Å². The molecule has 138 valence electrons. The summed E-state index contributed by atoms with van der Waals surface area (Å²) in [6.07, 6.45) is 6.88. The van der Waals surface area contributed by atoms with E-state index in [1.807, 2.05) is 12.3 Å². The van der Waals surface area contributed by atoms with Crippen molar-refractivity contribution in [2.24, 2.45) is 5.73 Å². The number of esters is 2. The smallest absolute Gasteiger partial charge is 0.328 e. The quantitative estimate of drug-likeness (QED) is 0.564. The lowest BCUT2D eigenvalue weighted by Crippen LogP contribution is -2.34. The largest absolute Gasteiger partial charge is 0.466 e. The van der Waals surface area contributed by atoms with Crippen LogP contribution in [-0.2, 0) is 33.6 Å². The van der Waals surface area contributed by atoms with Gasteiger partial charge in [-0.3, -0.25) is 4.79 Å². The third-order valence-electron chi connectivity index (χ3n) is 4.33. The molecule has 1 atom stereocenters. The summed E-state index contributed by atoms with van der Waals surface area (Å²) in [4.78, 5) is 24.1. The fourth-order valence-corrected chi connectivity index (χ4v) is 3.56. The van der Waals surface area contributed by atoms with Crippen molar-refractivity contribution in [2.75, 3.05) is 18.6 Å². The van der Waals surface area contributed by atoms with Gasteiger partial charge in [0, 0.05) is 0 Å². The van der Waals surface area contributed by atoms with Gasteiger partial charge in [0.15, 0.2) is 0 Å². The Morgan fingerprint density at radius 2 is 2.04 bits per heavy atom. The van der Waals surface area contributed by atoms with Gasteiger partial charge >= 0.3 is 11.9 Å². The van der Waals surface area contributed by atoms with Crippen molar-refractivity contribution in [3.05, 3.63) is 28.8 Å². The van der Waals surface area contributed by atoms with Gasteiger partial charge in [0.2, 0.25) is 0 Å². The molecule has 2 rings (SSSR count). The number of hydrogen-bond acceptors (Lipinski definition) is 6. The molecule has 1 aromatic carbocycles. The number of nitrogens with two attached hydrogens (primary N) is 1. The molecule has 1 aliphatic rings. The third kappa shape index (κ3) is 5.75. The molecule has 0 aliphatic heterocycles. The van der Waals surface area contributed by atoms with E-state index in [1.54, 1.807) is 24.8 Å². The van der Waals surface area contributed by atoms with E-state index in [4.69, 9.17) is 15.2 Å². The highest BCUT2D eigenvalue weighted by atomic mass is 32.2. The van der Waals surface area contributed by atoms with Crippen molar-refractivity contribution in [2.45, 2.75) is 51.5 Å². The van der Waals surface area contributed by atoms with Crippen molar-refractivity contribution in [1.29, 1.82) is 0 Å². The summed E-state index contributed by atoms with van der Waals surface area (Å²) in [5.74, 6) is 0.612. The lowest BCUT2D eigenvalue weighted by molar-refractivity contribution is -0.142. The van der Waals surface area contributed by atoms with Crippen molar-refractivity contribution in [1.82, 2.24) is 0 Å². The molecule has 0 fully saturated rings. The standard InChI is InChI=1S/C19H27NO4S/c1-3-23-18(21)12-14-11-15(10-13-6-4-5-7-16(13)14)24-19(22)17(20)8-9-25-2/h10-11,17H,3-9,12,20H2,1-2H3. The van der Waals surface area contributed by atoms with Crippen LogP contribution in [-0.4, -0.2) is 36.6 Å². The minimum atomic E-state index is -0.628. The van der Waals surface area contributed by atoms with Crippen LogP contribution in [0.15, 0.2) is 12.1 Å². The molecule has 6 heteroatoms.